The van der Waals surface area contributed by atoms with E-state index in [1.165, 1.54) is 6.07 Å². The summed E-state index contributed by atoms with van der Waals surface area (Å²) < 4.78 is 27.4. The van der Waals surface area contributed by atoms with E-state index in [0.29, 0.717) is 12.2 Å². The summed E-state index contributed by atoms with van der Waals surface area (Å²) in [5, 5.41) is 4.78. The Kier molecular flexibility index (Phi) is 4.98. The number of carbonyl (C=O) groups is 2. The van der Waals surface area contributed by atoms with Crippen LogP contribution in [0.15, 0.2) is 36.4 Å². The number of nitrogens with zero attached hydrogens (tertiary/aromatic N) is 1. The topological polar surface area (TPSA) is 61.4 Å². The fourth-order valence-electron chi connectivity index (χ4n) is 3.97. The first-order valence-electron chi connectivity index (χ1n) is 9.49. The van der Waals surface area contributed by atoms with Crippen LogP contribution in [0, 0.1) is 17.6 Å². The third kappa shape index (κ3) is 3.56. The van der Waals surface area contributed by atoms with Crippen molar-refractivity contribution in [3.05, 3.63) is 53.6 Å². The lowest BCUT2D eigenvalue weighted by Crippen LogP contribution is -2.33. The van der Waals surface area contributed by atoms with Crippen LogP contribution in [0.3, 0.4) is 0 Å². The molecule has 0 saturated heterocycles. The normalized spacial score (nSPS) is 16.1. The van der Waals surface area contributed by atoms with Gasteiger partial charge in [-0.2, -0.15) is 0 Å². The lowest BCUT2D eigenvalue weighted by Gasteiger charge is -2.21. The Balaban J connectivity index is 1.49. The molecule has 5 nitrogen and oxygen atoms in total. The number of halogens is 2. The molecule has 1 saturated carbocycles. The van der Waals surface area contributed by atoms with Gasteiger partial charge in [0.1, 0.15) is 17.3 Å². The minimum Gasteiger partial charge on any atom is -0.312 e. The number of fused-ring (bicyclic) bond motifs is 1. The molecular weight excluding hydrogens is 364 g/mol. The molecule has 3 amide bonds. The highest BCUT2D eigenvalue weighted by molar-refractivity contribution is 6.02. The first kappa shape index (κ1) is 18.4. The average molecular weight is 385 g/mol. The van der Waals surface area contributed by atoms with E-state index in [-0.39, 0.29) is 11.8 Å². The van der Waals surface area contributed by atoms with Gasteiger partial charge in [0, 0.05) is 23.8 Å². The minimum absolute atomic E-state index is 0.0786. The summed E-state index contributed by atoms with van der Waals surface area (Å²) in [7, 11) is 0. The van der Waals surface area contributed by atoms with Gasteiger partial charge in [-0.25, -0.2) is 13.6 Å². The second-order valence-electron chi connectivity index (χ2n) is 7.24. The number of carbonyl (C=O) groups excluding carboxylic acids is 2. The lowest BCUT2D eigenvalue weighted by atomic mass is 10.1. The van der Waals surface area contributed by atoms with E-state index in [4.69, 9.17) is 0 Å². The van der Waals surface area contributed by atoms with Gasteiger partial charge in [0.15, 0.2) is 0 Å². The quantitative estimate of drug-likeness (QED) is 0.805. The summed E-state index contributed by atoms with van der Waals surface area (Å²) in [6.07, 6.45) is 4.82. The van der Waals surface area contributed by atoms with Crippen LogP contribution in [0.1, 0.15) is 31.2 Å². The van der Waals surface area contributed by atoms with Gasteiger partial charge in [-0.15, -0.1) is 0 Å². The average Bonchev–Trinajstić information content (AvgIpc) is 3.34. The molecule has 28 heavy (non-hydrogen) atoms. The van der Waals surface area contributed by atoms with Crippen LogP contribution in [-0.4, -0.2) is 18.5 Å². The standard InChI is InChI=1S/C21H21F2N3O2/c22-16-6-3-7-17(23)19(16)25-21(28)24-15-9-8-13-10-11-26(18(13)12-15)20(27)14-4-1-2-5-14/h3,6-9,12,14H,1-2,4-5,10-11H2,(H2,24,25,28). The van der Waals surface area contributed by atoms with Crippen molar-refractivity contribution >= 4 is 29.0 Å². The van der Waals surface area contributed by atoms with E-state index in [9.17, 15) is 18.4 Å². The van der Waals surface area contributed by atoms with E-state index >= 15 is 0 Å². The predicted molar refractivity (Wildman–Crippen MR) is 103 cm³/mol. The van der Waals surface area contributed by atoms with Gasteiger partial charge < -0.3 is 15.5 Å². The molecule has 1 fully saturated rings. The van der Waals surface area contributed by atoms with Gasteiger partial charge in [0.05, 0.1) is 0 Å². The molecular formula is C21H21F2N3O2. The van der Waals surface area contributed by atoms with Crippen molar-refractivity contribution in [3.63, 3.8) is 0 Å². The van der Waals surface area contributed by atoms with Gasteiger partial charge in [-0.3, -0.25) is 4.79 Å². The maximum atomic E-state index is 13.7. The molecule has 1 aliphatic carbocycles. The number of hydrogen-bond acceptors (Lipinski definition) is 2. The number of benzene rings is 2. The highest BCUT2D eigenvalue weighted by Gasteiger charge is 2.32. The van der Waals surface area contributed by atoms with Crippen molar-refractivity contribution in [2.45, 2.75) is 32.1 Å². The first-order chi connectivity index (χ1) is 13.5. The monoisotopic (exact) mass is 385 g/mol. The Morgan fingerprint density at radius 1 is 1.00 bits per heavy atom. The van der Waals surface area contributed by atoms with Gasteiger partial charge in [0.25, 0.3) is 0 Å². The van der Waals surface area contributed by atoms with Gasteiger partial charge >= 0.3 is 6.03 Å². The van der Waals surface area contributed by atoms with Gasteiger partial charge in [-0.05, 0) is 49.1 Å². The molecule has 146 valence electrons. The molecule has 1 aliphatic heterocycles. The van der Waals surface area contributed by atoms with Crippen LogP contribution in [-0.2, 0) is 11.2 Å². The Morgan fingerprint density at radius 2 is 1.71 bits per heavy atom. The summed E-state index contributed by atoms with van der Waals surface area (Å²) in [4.78, 5) is 26.8. The van der Waals surface area contributed by atoms with Crippen LogP contribution in [0.4, 0.5) is 30.6 Å². The van der Waals surface area contributed by atoms with Gasteiger partial charge in [-0.1, -0.05) is 25.0 Å². The Labute approximate surface area is 161 Å². The first-order valence-corrected chi connectivity index (χ1v) is 9.49. The van der Waals surface area contributed by atoms with Crippen LogP contribution < -0.4 is 15.5 Å². The number of nitrogens with one attached hydrogen (secondary N) is 2. The second kappa shape index (κ2) is 7.58. The molecule has 4 rings (SSSR count). The highest BCUT2D eigenvalue weighted by atomic mass is 19.1. The summed E-state index contributed by atoms with van der Waals surface area (Å²) in [5.41, 5.74) is 1.81. The predicted octanol–water partition coefficient (Wildman–Crippen LogP) is 4.69. The van der Waals surface area contributed by atoms with Crippen LogP contribution in [0.2, 0.25) is 0 Å². The van der Waals surface area contributed by atoms with E-state index in [1.54, 1.807) is 17.0 Å². The SMILES string of the molecule is O=C(Nc1ccc2c(c1)N(C(=O)C1CCCC1)CC2)Nc1c(F)cccc1F. The zero-order valence-electron chi connectivity index (χ0n) is 15.3. The highest BCUT2D eigenvalue weighted by Crippen LogP contribution is 2.35. The number of para-hydroxylation sites is 1. The van der Waals surface area contributed by atoms with Gasteiger partial charge in [0.2, 0.25) is 5.91 Å². The molecule has 0 radical (unpaired) electrons. The van der Waals surface area contributed by atoms with Crippen LogP contribution in [0.25, 0.3) is 0 Å². The molecule has 2 N–H and O–H groups in total. The van der Waals surface area contributed by atoms with Crippen molar-refractivity contribution in [2.75, 3.05) is 22.1 Å². The summed E-state index contributed by atoms with van der Waals surface area (Å²) in [6, 6.07) is 7.95. The summed E-state index contributed by atoms with van der Waals surface area (Å²) >= 11 is 0. The molecule has 0 aromatic heterocycles. The van der Waals surface area contributed by atoms with Crippen LogP contribution in [0.5, 0.6) is 0 Å². The smallest absolute Gasteiger partial charge is 0.312 e. The number of hydrogen-bond donors (Lipinski definition) is 2. The molecule has 7 heteroatoms. The molecule has 0 atom stereocenters. The summed E-state index contributed by atoms with van der Waals surface area (Å²) in [5.74, 6) is -1.48. The third-order valence-corrected chi connectivity index (χ3v) is 5.41. The summed E-state index contributed by atoms with van der Waals surface area (Å²) in [6.45, 7) is 0.640. The molecule has 0 bridgehead atoms. The Hall–Kier alpha value is -2.96. The molecule has 2 aromatic carbocycles. The van der Waals surface area contributed by atoms with E-state index in [1.807, 2.05) is 6.07 Å². The number of urea groups is 1. The van der Waals surface area contributed by atoms with E-state index in [2.05, 4.69) is 10.6 Å². The maximum absolute atomic E-state index is 13.7. The van der Waals surface area contributed by atoms with Crippen molar-refractivity contribution in [1.82, 2.24) is 0 Å². The third-order valence-electron chi connectivity index (χ3n) is 5.41. The number of anilines is 3. The van der Waals surface area contributed by atoms with E-state index < -0.39 is 23.4 Å². The fourth-order valence-corrected chi connectivity index (χ4v) is 3.97. The van der Waals surface area contributed by atoms with Crippen molar-refractivity contribution in [2.24, 2.45) is 5.92 Å². The van der Waals surface area contributed by atoms with Crippen molar-refractivity contribution in [3.8, 4) is 0 Å². The van der Waals surface area contributed by atoms with Crippen molar-refractivity contribution < 1.29 is 18.4 Å². The second-order valence-corrected chi connectivity index (χ2v) is 7.24. The molecule has 2 aromatic rings. The number of rotatable bonds is 3. The maximum Gasteiger partial charge on any atom is 0.323 e. The number of amides is 3. The molecule has 1 heterocycles. The largest absolute Gasteiger partial charge is 0.323 e. The zero-order chi connectivity index (χ0) is 19.7. The Bertz CT molecular complexity index is 906. The molecule has 2 aliphatic rings. The Morgan fingerprint density at radius 3 is 2.43 bits per heavy atom. The fraction of sp³-hybridized carbons (Fsp3) is 0.333. The van der Waals surface area contributed by atoms with Crippen molar-refractivity contribution in [1.29, 1.82) is 0 Å². The van der Waals surface area contributed by atoms with E-state index in [0.717, 1.165) is 55.5 Å². The minimum atomic E-state index is -0.850. The molecule has 0 spiro atoms. The van der Waals surface area contributed by atoms with Crippen LogP contribution >= 0.6 is 0 Å². The molecule has 0 unspecified atom stereocenters. The zero-order valence-corrected chi connectivity index (χ0v) is 15.3. The lowest BCUT2D eigenvalue weighted by molar-refractivity contribution is -0.122.